The van der Waals surface area contributed by atoms with Gasteiger partial charge in [-0.2, -0.15) is 0 Å². The van der Waals surface area contributed by atoms with Crippen LogP contribution in [0.1, 0.15) is 202 Å². The second-order valence-corrected chi connectivity index (χ2v) is 23.6. The van der Waals surface area contributed by atoms with Gasteiger partial charge in [-0.1, -0.05) is 150 Å². The van der Waals surface area contributed by atoms with Crippen molar-refractivity contribution in [2.45, 2.75) is 214 Å². The summed E-state index contributed by atoms with van der Waals surface area (Å²) >= 11 is 0. The van der Waals surface area contributed by atoms with Crippen molar-refractivity contribution < 1.29 is 37.3 Å². The number of nitrogens with zero attached hydrogens (tertiary/aromatic N) is 1. The van der Waals surface area contributed by atoms with Gasteiger partial charge in [-0.25, -0.2) is 0 Å². The lowest BCUT2D eigenvalue weighted by atomic mass is 9.47. The second kappa shape index (κ2) is 25.1. The fraction of sp³-hybridized carbons (Fsp3) is 0.941. The van der Waals surface area contributed by atoms with Crippen molar-refractivity contribution in [3.63, 3.8) is 0 Å². The summed E-state index contributed by atoms with van der Waals surface area (Å²) in [6.45, 7) is 15.1. The molecule has 0 amide bonds. The zero-order valence-corrected chi connectivity index (χ0v) is 41.3. The number of ether oxygens (including phenoxy) is 2. The molecular formula is C51H94NO7P. The van der Waals surface area contributed by atoms with Crippen LogP contribution in [0.4, 0.5) is 0 Å². The van der Waals surface area contributed by atoms with E-state index in [1.54, 1.807) is 5.57 Å². The topological polar surface area (TPSA) is 94.1 Å². The Hall–Kier alpha value is -0.760. The zero-order valence-electron chi connectivity index (χ0n) is 40.5. The van der Waals surface area contributed by atoms with Crippen LogP contribution in [0.15, 0.2) is 11.6 Å². The van der Waals surface area contributed by atoms with Crippen molar-refractivity contribution in [1.29, 1.82) is 0 Å². The van der Waals surface area contributed by atoms with Gasteiger partial charge in [-0.05, 0) is 104 Å². The van der Waals surface area contributed by atoms with Crippen LogP contribution in [-0.2, 0) is 27.9 Å². The molecule has 0 aromatic heterocycles. The van der Waals surface area contributed by atoms with Crippen molar-refractivity contribution in [1.82, 2.24) is 0 Å². The van der Waals surface area contributed by atoms with E-state index >= 15 is 0 Å². The van der Waals surface area contributed by atoms with E-state index in [0.29, 0.717) is 22.9 Å². The number of likely N-dealkylation sites (N-methyl/N-ethyl adjacent to an activating group) is 1. The molecule has 8 nitrogen and oxygen atoms in total. The number of fused-ring (bicyclic) bond motifs is 5. The average molecular weight is 864 g/mol. The smallest absolute Gasteiger partial charge is 0.306 e. The molecule has 4 aliphatic carbocycles. The Morgan fingerprint density at radius 3 is 2.10 bits per heavy atom. The molecule has 3 fully saturated rings. The first-order valence-electron chi connectivity index (χ1n) is 25.4. The lowest BCUT2D eigenvalue weighted by Crippen LogP contribution is -2.51. The first kappa shape index (κ1) is 51.9. The molecule has 10 atom stereocenters. The molecule has 0 bridgehead atoms. The molecule has 0 saturated heterocycles. The summed E-state index contributed by atoms with van der Waals surface area (Å²) in [5, 5.41) is 0. The Balaban J connectivity index is 1.26. The fourth-order valence-corrected chi connectivity index (χ4v) is 13.1. The van der Waals surface area contributed by atoms with E-state index < -0.39 is 13.9 Å². The quantitative estimate of drug-likeness (QED) is 0.0233. The summed E-state index contributed by atoms with van der Waals surface area (Å²) < 4.78 is 36.2. The number of hydrogen-bond acceptors (Lipinski definition) is 7. The zero-order chi connectivity index (χ0) is 43.8. The number of hydrogen-bond donors (Lipinski definition) is 0. The highest BCUT2D eigenvalue weighted by Crippen LogP contribution is 2.67. The van der Waals surface area contributed by atoms with Gasteiger partial charge >= 0.3 is 5.97 Å². The maximum Gasteiger partial charge on any atom is 0.306 e. The number of unbranched alkanes of at least 4 members (excludes halogenated alkanes) is 12. The van der Waals surface area contributed by atoms with Crippen LogP contribution in [-0.4, -0.2) is 70.2 Å². The van der Waals surface area contributed by atoms with Crippen molar-refractivity contribution >= 4 is 13.8 Å². The van der Waals surface area contributed by atoms with Gasteiger partial charge in [0.05, 0.1) is 40.5 Å². The predicted molar refractivity (Wildman–Crippen MR) is 245 cm³/mol. The van der Waals surface area contributed by atoms with Crippen molar-refractivity contribution in [3.8, 4) is 0 Å². The van der Waals surface area contributed by atoms with Crippen molar-refractivity contribution in [3.05, 3.63) is 11.6 Å². The Morgan fingerprint density at radius 1 is 0.817 bits per heavy atom. The minimum Gasteiger partial charge on any atom is -0.756 e. The molecule has 0 heterocycles. The summed E-state index contributed by atoms with van der Waals surface area (Å²) in [4.78, 5) is 25.8. The first-order chi connectivity index (χ1) is 28.5. The lowest BCUT2D eigenvalue weighted by Gasteiger charge is -2.58. The number of carbonyl (C=O) groups excluding carboxylic acids is 1. The van der Waals surface area contributed by atoms with Crippen LogP contribution >= 0.6 is 7.82 Å². The summed E-state index contributed by atoms with van der Waals surface area (Å²) in [5.41, 5.74) is 2.25. The molecular weight excluding hydrogens is 770 g/mol. The Morgan fingerprint density at radius 2 is 1.47 bits per heavy atom. The van der Waals surface area contributed by atoms with Crippen LogP contribution in [0, 0.1) is 46.3 Å². The fourth-order valence-electron chi connectivity index (χ4n) is 12.3. The van der Waals surface area contributed by atoms with Gasteiger partial charge in [0.15, 0.2) is 0 Å². The highest BCUT2D eigenvalue weighted by Gasteiger charge is 2.59. The van der Waals surface area contributed by atoms with E-state index in [1.165, 1.54) is 116 Å². The first-order valence-corrected chi connectivity index (χ1v) is 26.8. The van der Waals surface area contributed by atoms with Gasteiger partial charge in [-0.15, -0.1) is 0 Å². The Labute approximate surface area is 369 Å². The van der Waals surface area contributed by atoms with Crippen LogP contribution < -0.4 is 4.89 Å². The molecule has 350 valence electrons. The van der Waals surface area contributed by atoms with Crippen LogP contribution in [0.5, 0.6) is 0 Å². The van der Waals surface area contributed by atoms with Gasteiger partial charge < -0.3 is 27.9 Å². The van der Waals surface area contributed by atoms with E-state index in [-0.39, 0.29) is 37.3 Å². The highest BCUT2D eigenvalue weighted by atomic mass is 31.2. The number of quaternary nitrogens is 1. The van der Waals surface area contributed by atoms with Crippen LogP contribution in [0.3, 0.4) is 0 Å². The minimum absolute atomic E-state index is 0.0133. The van der Waals surface area contributed by atoms with Crippen LogP contribution in [0.25, 0.3) is 0 Å². The Bertz CT molecular complexity index is 1330. The molecule has 4 aliphatic rings. The van der Waals surface area contributed by atoms with E-state index in [0.717, 1.165) is 74.0 Å². The molecule has 60 heavy (non-hydrogen) atoms. The number of phosphoric acid groups is 1. The molecule has 0 radical (unpaired) electrons. The second-order valence-electron chi connectivity index (χ2n) is 22.2. The molecule has 0 aromatic rings. The third kappa shape index (κ3) is 16.3. The van der Waals surface area contributed by atoms with E-state index in [1.807, 2.05) is 21.1 Å². The number of phosphoric ester groups is 1. The number of esters is 1. The van der Waals surface area contributed by atoms with Gasteiger partial charge in [-0.3, -0.25) is 9.36 Å². The van der Waals surface area contributed by atoms with Gasteiger partial charge in [0, 0.05) is 6.42 Å². The summed E-state index contributed by atoms with van der Waals surface area (Å²) in [5.74, 6) is 4.52. The highest BCUT2D eigenvalue weighted by molar-refractivity contribution is 7.45. The number of carbonyl (C=O) groups is 1. The summed E-state index contributed by atoms with van der Waals surface area (Å²) in [7, 11) is 1.36. The minimum atomic E-state index is -4.57. The molecule has 0 N–H and O–H groups in total. The lowest BCUT2D eigenvalue weighted by molar-refractivity contribution is -0.870. The van der Waals surface area contributed by atoms with Gasteiger partial charge in [0.2, 0.25) is 0 Å². The van der Waals surface area contributed by atoms with Crippen molar-refractivity contribution in [2.24, 2.45) is 46.3 Å². The SMILES string of the molecule is CCCCCCCCCCCCCCCC(=O)OC(COC1CC[C@@]2(C)C(=CCC3C2CC[C@@]2(C)C3CC[C@@H]2[C@H](C)CCCC(C)C)C1)COP(=O)([O-])OCC[N+](C)(C)C. The van der Waals surface area contributed by atoms with Gasteiger partial charge in [0.1, 0.15) is 19.3 Å². The van der Waals surface area contributed by atoms with E-state index in [4.69, 9.17) is 18.5 Å². The predicted octanol–water partition coefficient (Wildman–Crippen LogP) is 13.0. The largest absolute Gasteiger partial charge is 0.756 e. The maximum atomic E-state index is 13.1. The normalized spacial score (nSPS) is 29.9. The van der Waals surface area contributed by atoms with Crippen molar-refractivity contribution in [2.75, 3.05) is 47.5 Å². The molecule has 0 aliphatic heterocycles. The average Bonchev–Trinajstić information content (AvgIpc) is 3.54. The molecule has 0 aromatic carbocycles. The molecule has 0 spiro atoms. The maximum absolute atomic E-state index is 13.1. The number of rotatable bonds is 30. The molecule has 3 saturated carbocycles. The van der Waals surface area contributed by atoms with Crippen LogP contribution in [0.2, 0.25) is 0 Å². The molecule has 9 heteroatoms. The van der Waals surface area contributed by atoms with Gasteiger partial charge in [0.25, 0.3) is 7.82 Å². The number of allylic oxidation sites excluding steroid dienone is 1. The van der Waals surface area contributed by atoms with E-state index in [2.05, 4.69) is 47.6 Å². The third-order valence-corrected chi connectivity index (χ3v) is 17.0. The monoisotopic (exact) mass is 864 g/mol. The standard InChI is InChI=1S/C51H94NO7P/c1-10-11-12-13-14-15-16-17-18-19-20-21-22-26-49(53)59-44(39-58-60(54,55)57-36-35-52(7,8)9)38-56-43-31-33-50(5)42(37-43)27-28-45-47-30-29-46(41(4)25-23-24-40(2)3)51(47,6)34-32-48(45)50/h27,40-41,43-48H,10-26,28-39H2,1-9H3/t41-,43?,44?,45?,46-,47?,48?,50+,51-/m1/s1. The summed E-state index contributed by atoms with van der Waals surface area (Å²) in [6, 6.07) is 0. The molecule has 4 rings (SSSR count). The van der Waals surface area contributed by atoms with E-state index in [9.17, 15) is 14.3 Å². The third-order valence-electron chi connectivity index (χ3n) is 16.0. The molecule has 6 unspecified atom stereocenters. The summed E-state index contributed by atoms with van der Waals surface area (Å²) in [6.07, 6.45) is 32.0. The Kier molecular flexibility index (Phi) is 21.7.